The van der Waals surface area contributed by atoms with E-state index in [0.717, 1.165) is 70.8 Å². The molecule has 2 fully saturated rings. The fourth-order valence-electron chi connectivity index (χ4n) is 5.08. The Morgan fingerprint density at radius 2 is 2.03 bits per heavy atom. The standard InChI is InChI=1S/C24H25N5O3S/c1-24(13-10-11-13)22(31)29(23(32)28-24)12-18(30)27-21-19(14-6-2-5-9-17(14)33-21)20-25-15-7-3-4-8-16(15)26-20/h3-4,7-8,13H,2,5-6,9-12H2,1H3,(H,25,26)(H,27,30)(H,28,32). The number of rotatable bonds is 5. The third kappa shape index (κ3) is 3.33. The number of aryl methyl sites for hydroxylation is 1. The lowest BCUT2D eigenvalue weighted by molar-refractivity contribution is -0.134. The molecule has 1 aromatic carbocycles. The molecule has 9 heteroatoms. The number of anilines is 1. The second-order valence-corrected chi connectivity index (χ2v) is 10.5. The lowest BCUT2D eigenvalue weighted by atomic mass is 9.95. The normalized spacial score (nSPS) is 22.5. The number of thiophene rings is 1. The van der Waals surface area contributed by atoms with Gasteiger partial charge in [0.15, 0.2) is 0 Å². The zero-order chi connectivity index (χ0) is 22.7. The molecule has 4 amide bonds. The molecule has 1 aliphatic heterocycles. The smallest absolute Gasteiger partial charge is 0.325 e. The van der Waals surface area contributed by atoms with Gasteiger partial charge in [-0.1, -0.05) is 12.1 Å². The van der Waals surface area contributed by atoms with Crippen LogP contribution in [0.1, 0.15) is 43.0 Å². The first kappa shape index (κ1) is 20.4. The molecule has 1 atom stereocenters. The van der Waals surface area contributed by atoms with E-state index in [0.29, 0.717) is 0 Å². The van der Waals surface area contributed by atoms with E-state index in [1.165, 1.54) is 10.4 Å². The fraction of sp³-hybridized carbons (Fsp3) is 0.417. The van der Waals surface area contributed by atoms with Crippen molar-refractivity contribution >= 4 is 45.2 Å². The van der Waals surface area contributed by atoms with E-state index in [2.05, 4.69) is 15.6 Å². The zero-order valence-corrected chi connectivity index (χ0v) is 19.2. The monoisotopic (exact) mass is 463 g/mol. The molecule has 2 aliphatic carbocycles. The Morgan fingerprint density at radius 3 is 2.82 bits per heavy atom. The van der Waals surface area contributed by atoms with Crippen LogP contribution in [-0.4, -0.2) is 44.8 Å². The number of hydrogen-bond donors (Lipinski definition) is 3. The summed E-state index contributed by atoms with van der Waals surface area (Å²) in [5.74, 6) is 0.204. The summed E-state index contributed by atoms with van der Waals surface area (Å²) in [6.45, 7) is 1.46. The fourth-order valence-corrected chi connectivity index (χ4v) is 6.39. The van der Waals surface area contributed by atoms with Gasteiger partial charge in [-0.15, -0.1) is 11.3 Å². The highest BCUT2D eigenvalue weighted by Gasteiger charge is 2.56. The molecule has 33 heavy (non-hydrogen) atoms. The quantitative estimate of drug-likeness (QED) is 0.500. The average Bonchev–Trinajstić information content (AvgIpc) is 3.43. The molecule has 3 N–H and O–H groups in total. The van der Waals surface area contributed by atoms with Crippen molar-refractivity contribution in [2.45, 2.75) is 51.0 Å². The van der Waals surface area contributed by atoms with Gasteiger partial charge in [0, 0.05) is 4.88 Å². The summed E-state index contributed by atoms with van der Waals surface area (Å²) in [6.07, 6.45) is 6.00. The molecular formula is C24H25N5O3S. The van der Waals surface area contributed by atoms with Crippen LogP contribution in [0.2, 0.25) is 0 Å². The summed E-state index contributed by atoms with van der Waals surface area (Å²) in [6, 6.07) is 7.36. The topological polar surface area (TPSA) is 107 Å². The minimum Gasteiger partial charge on any atom is -0.338 e. The van der Waals surface area contributed by atoms with Crippen molar-refractivity contribution in [2.75, 3.05) is 11.9 Å². The van der Waals surface area contributed by atoms with E-state index in [-0.39, 0.29) is 24.3 Å². The first-order valence-corrected chi connectivity index (χ1v) is 12.3. The number of para-hydroxylation sites is 2. The van der Waals surface area contributed by atoms with Crippen LogP contribution in [0.25, 0.3) is 22.4 Å². The van der Waals surface area contributed by atoms with Gasteiger partial charge < -0.3 is 15.6 Å². The molecule has 8 nitrogen and oxygen atoms in total. The number of carbonyl (C=O) groups excluding carboxylic acids is 3. The number of imidazole rings is 1. The van der Waals surface area contributed by atoms with Crippen molar-refractivity contribution in [3.63, 3.8) is 0 Å². The van der Waals surface area contributed by atoms with E-state index in [1.807, 2.05) is 24.3 Å². The number of nitrogens with one attached hydrogen (secondary N) is 3. The number of aromatic nitrogens is 2. The maximum absolute atomic E-state index is 13.0. The number of benzene rings is 1. The van der Waals surface area contributed by atoms with Crippen molar-refractivity contribution in [3.05, 3.63) is 34.7 Å². The lowest BCUT2D eigenvalue weighted by Crippen LogP contribution is -2.46. The molecule has 170 valence electrons. The predicted molar refractivity (Wildman–Crippen MR) is 126 cm³/mol. The average molecular weight is 464 g/mol. The van der Waals surface area contributed by atoms with Crippen LogP contribution in [-0.2, 0) is 22.4 Å². The van der Waals surface area contributed by atoms with Gasteiger partial charge in [-0.3, -0.25) is 14.5 Å². The Hall–Kier alpha value is -3.20. The Kier molecular flexibility index (Phi) is 4.58. The Bertz CT molecular complexity index is 1270. The van der Waals surface area contributed by atoms with E-state index >= 15 is 0 Å². The van der Waals surface area contributed by atoms with Gasteiger partial charge >= 0.3 is 6.03 Å². The second kappa shape index (κ2) is 7.41. The van der Waals surface area contributed by atoms with Crippen LogP contribution in [0.5, 0.6) is 0 Å². The third-order valence-corrected chi connectivity index (χ3v) is 8.25. The molecule has 0 spiro atoms. The Morgan fingerprint density at radius 1 is 1.24 bits per heavy atom. The van der Waals surface area contributed by atoms with Crippen molar-refractivity contribution in [2.24, 2.45) is 5.92 Å². The van der Waals surface area contributed by atoms with E-state index in [9.17, 15) is 14.4 Å². The Labute approximate surface area is 194 Å². The molecule has 1 saturated carbocycles. The first-order chi connectivity index (χ1) is 15.9. The first-order valence-electron chi connectivity index (χ1n) is 11.5. The minimum atomic E-state index is -0.890. The number of H-pyrrole nitrogens is 1. The van der Waals surface area contributed by atoms with Gasteiger partial charge in [0.2, 0.25) is 5.91 Å². The van der Waals surface area contributed by atoms with Gasteiger partial charge in [-0.05, 0) is 69.1 Å². The number of fused-ring (bicyclic) bond motifs is 2. The SMILES string of the molecule is CC1(C2CC2)NC(=O)N(CC(=O)Nc2sc3c(c2-c2nc4ccccc4[nH]2)CCCC3)C1=O. The summed E-state index contributed by atoms with van der Waals surface area (Å²) in [5.41, 5.74) is 3.09. The van der Waals surface area contributed by atoms with Crippen LogP contribution in [0, 0.1) is 5.92 Å². The summed E-state index contributed by atoms with van der Waals surface area (Å²) in [5, 5.41) is 6.52. The van der Waals surface area contributed by atoms with Gasteiger partial charge in [0.25, 0.3) is 5.91 Å². The molecule has 1 unspecified atom stereocenters. The van der Waals surface area contributed by atoms with Crippen molar-refractivity contribution in [1.29, 1.82) is 0 Å². The van der Waals surface area contributed by atoms with E-state index < -0.39 is 11.6 Å². The maximum Gasteiger partial charge on any atom is 0.325 e. The Balaban J connectivity index is 1.29. The van der Waals surface area contributed by atoms with Crippen molar-refractivity contribution in [3.8, 4) is 11.4 Å². The van der Waals surface area contributed by atoms with E-state index in [1.54, 1.807) is 18.3 Å². The summed E-state index contributed by atoms with van der Waals surface area (Å²) >= 11 is 1.57. The van der Waals surface area contributed by atoms with Crippen LogP contribution < -0.4 is 10.6 Å². The lowest BCUT2D eigenvalue weighted by Gasteiger charge is -2.20. The summed E-state index contributed by atoms with van der Waals surface area (Å²) < 4.78 is 0. The van der Waals surface area contributed by atoms with Gasteiger partial charge in [0.05, 0.1) is 16.6 Å². The van der Waals surface area contributed by atoms with Crippen LogP contribution in [0.15, 0.2) is 24.3 Å². The highest BCUT2D eigenvalue weighted by atomic mass is 32.1. The number of imide groups is 1. The highest BCUT2D eigenvalue weighted by molar-refractivity contribution is 7.17. The van der Waals surface area contributed by atoms with Crippen molar-refractivity contribution in [1.82, 2.24) is 20.2 Å². The number of amides is 4. The molecule has 6 rings (SSSR count). The van der Waals surface area contributed by atoms with Crippen molar-refractivity contribution < 1.29 is 14.4 Å². The largest absolute Gasteiger partial charge is 0.338 e. The third-order valence-electron chi connectivity index (χ3n) is 7.05. The maximum atomic E-state index is 13.0. The molecule has 0 bridgehead atoms. The van der Waals surface area contributed by atoms with Crippen LogP contribution in [0.4, 0.5) is 9.80 Å². The number of carbonyl (C=O) groups is 3. The predicted octanol–water partition coefficient (Wildman–Crippen LogP) is 3.83. The van der Waals surface area contributed by atoms with Gasteiger partial charge in [0.1, 0.15) is 22.9 Å². The molecule has 1 saturated heterocycles. The highest BCUT2D eigenvalue weighted by Crippen LogP contribution is 2.44. The number of hydrogen-bond acceptors (Lipinski definition) is 5. The summed E-state index contributed by atoms with van der Waals surface area (Å²) in [7, 11) is 0. The molecule has 0 radical (unpaired) electrons. The minimum absolute atomic E-state index is 0.158. The zero-order valence-electron chi connectivity index (χ0n) is 18.4. The molecule has 3 aliphatic rings. The molecule has 2 aromatic heterocycles. The number of nitrogens with zero attached hydrogens (tertiary/aromatic N) is 2. The molecule has 3 aromatic rings. The molecule has 3 heterocycles. The van der Waals surface area contributed by atoms with E-state index in [4.69, 9.17) is 4.98 Å². The summed E-state index contributed by atoms with van der Waals surface area (Å²) in [4.78, 5) is 48.9. The van der Waals surface area contributed by atoms with Gasteiger partial charge in [-0.2, -0.15) is 0 Å². The van der Waals surface area contributed by atoms with Crippen LogP contribution >= 0.6 is 11.3 Å². The number of urea groups is 1. The number of aromatic amines is 1. The second-order valence-electron chi connectivity index (χ2n) is 9.36. The van der Waals surface area contributed by atoms with Crippen LogP contribution in [0.3, 0.4) is 0 Å². The van der Waals surface area contributed by atoms with Gasteiger partial charge in [-0.25, -0.2) is 9.78 Å². The molecular weight excluding hydrogens is 438 g/mol.